The Morgan fingerprint density at radius 1 is 1.12 bits per heavy atom. The standard InChI is InChI=1S/C18H21N5O/c1-12-6-5-7-15(21-12)10-19-17(24)16-11-20-22(4)18(16)23-13(2)8-9-14(23)3/h5-9,11H,10H2,1-4H3,(H,19,24). The minimum atomic E-state index is -0.158. The molecule has 0 radical (unpaired) electrons. The number of carbonyl (C=O) groups is 1. The van der Waals surface area contributed by atoms with E-state index in [1.54, 1.807) is 10.9 Å². The fraction of sp³-hybridized carbons (Fsp3) is 0.278. The topological polar surface area (TPSA) is 64.7 Å². The summed E-state index contributed by atoms with van der Waals surface area (Å²) in [7, 11) is 1.84. The monoisotopic (exact) mass is 323 g/mol. The molecule has 0 aromatic carbocycles. The molecule has 0 unspecified atom stereocenters. The molecular weight excluding hydrogens is 302 g/mol. The molecular formula is C18H21N5O. The van der Waals surface area contributed by atoms with Crippen LogP contribution in [0.5, 0.6) is 0 Å². The molecule has 0 bridgehead atoms. The van der Waals surface area contributed by atoms with Crippen LogP contribution >= 0.6 is 0 Å². The molecule has 0 aliphatic rings. The first-order valence-electron chi connectivity index (χ1n) is 7.85. The Labute approximate surface area is 141 Å². The van der Waals surface area contributed by atoms with E-state index in [2.05, 4.69) is 15.4 Å². The number of hydrogen-bond acceptors (Lipinski definition) is 3. The van der Waals surface area contributed by atoms with Crippen molar-refractivity contribution in [3.05, 3.63) is 64.9 Å². The molecule has 1 amide bonds. The maximum absolute atomic E-state index is 12.6. The van der Waals surface area contributed by atoms with Gasteiger partial charge in [-0.05, 0) is 45.0 Å². The van der Waals surface area contributed by atoms with Gasteiger partial charge in [-0.25, -0.2) is 0 Å². The highest BCUT2D eigenvalue weighted by Crippen LogP contribution is 2.19. The lowest BCUT2D eigenvalue weighted by atomic mass is 10.2. The summed E-state index contributed by atoms with van der Waals surface area (Å²) in [4.78, 5) is 17.1. The first-order chi connectivity index (χ1) is 11.5. The molecule has 3 aromatic rings. The molecule has 0 atom stereocenters. The van der Waals surface area contributed by atoms with E-state index in [1.807, 2.05) is 62.7 Å². The van der Waals surface area contributed by atoms with Crippen molar-refractivity contribution < 1.29 is 4.79 Å². The van der Waals surface area contributed by atoms with Gasteiger partial charge in [0.15, 0.2) is 0 Å². The summed E-state index contributed by atoms with van der Waals surface area (Å²) in [6.07, 6.45) is 1.60. The van der Waals surface area contributed by atoms with Gasteiger partial charge >= 0.3 is 0 Å². The van der Waals surface area contributed by atoms with Gasteiger partial charge in [-0.1, -0.05) is 6.07 Å². The highest BCUT2D eigenvalue weighted by atomic mass is 16.1. The number of rotatable bonds is 4. The summed E-state index contributed by atoms with van der Waals surface area (Å²) in [5.74, 6) is 0.610. The molecule has 0 saturated heterocycles. The molecule has 3 aromatic heterocycles. The third-order valence-electron chi connectivity index (χ3n) is 4.01. The molecule has 24 heavy (non-hydrogen) atoms. The number of hydrogen-bond donors (Lipinski definition) is 1. The van der Waals surface area contributed by atoms with Crippen molar-refractivity contribution in [3.63, 3.8) is 0 Å². The van der Waals surface area contributed by atoms with Crippen LogP contribution in [0.1, 0.15) is 33.1 Å². The highest BCUT2D eigenvalue weighted by Gasteiger charge is 2.19. The summed E-state index contributed by atoms with van der Waals surface area (Å²) in [5, 5.41) is 7.19. The first kappa shape index (κ1) is 16.0. The van der Waals surface area contributed by atoms with Crippen molar-refractivity contribution in [2.75, 3.05) is 0 Å². The number of amides is 1. The van der Waals surface area contributed by atoms with Crippen LogP contribution in [0.3, 0.4) is 0 Å². The van der Waals surface area contributed by atoms with Gasteiger partial charge in [-0.2, -0.15) is 5.10 Å². The zero-order chi connectivity index (χ0) is 17.3. The van der Waals surface area contributed by atoms with Crippen molar-refractivity contribution in [1.82, 2.24) is 24.6 Å². The van der Waals surface area contributed by atoms with Gasteiger partial charge in [0.25, 0.3) is 5.91 Å². The molecule has 0 spiro atoms. The van der Waals surface area contributed by atoms with E-state index in [9.17, 15) is 4.79 Å². The summed E-state index contributed by atoms with van der Waals surface area (Å²) in [5.41, 5.74) is 4.44. The van der Waals surface area contributed by atoms with Crippen molar-refractivity contribution >= 4 is 5.91 Å². The van der Waals surface area contributed by atoms with E-state index < -0.39 is 0 Å². The van der Waals surface area contributed by atoms with Crippen molar-refractivity contribution in [2.24, 2.45) is 7.05 Å². The van der Waals surface area contributed by atoms with Gasteiger partial charge in [-0.15, -0.1) is 0 Å². The Morgan fingerprint density at radius 2 is 1.83 bits per heavy atom. The van der Waals surface area contributed by atoms with E-state index in [1.165, 1.54) is 0 Å². The minimum absolute atomic E-state index is 0.158. The Bertz CT molecular complexity index is 871. The molecule has 6 heteroatoms. The van der Waals surface area contributed by atoms with Crippen LogP contribution in [-0.4, -0.2) is 25.2 Å². The first-order valence-corrected chi connectivity index (χ1v) is 7.85. The smallest absolute Gasteiger partial charge is 0.257 e. The quantitative estimate of drug-likeness (QED) is 0.802. The molecule has 0 aliphatic heterocycles. The second-order valence-corrected chi connectivity index (χ2v) is 5.91. The average molecular weight is 323 g/mol. The molecule has 0 aliphatic carbocycles. The lowest BCUT2D eigenvalue weighted by Gasteiger charge is -2.12. The van der Waals surface area contributed by atoms with Gasteiger partial charge in [0.05, 0.1) is 18.4 Å². The Morgan fingerprint density at radius 3 is 2.50 bits per heavy atom. The fourth-order valence-electron chi connectivity index (χ4n) is 2.82. The van der Waals surface area contributed by atoms with E-state index in [-0.39, 0.29) is 5.91 Å². The van der Waals surface area contributed by atoms with Gasteiger partial charge in [0.1, 0.15) is 11.4 Å². The maximum atomic E-state index is 12.6. The lowest BCUT2D eigenvalue weighted by molar-refractivity contribution is 0.0950. The largest absolute Gasteiger partial charge is 0.346 e. The van der Waals surface area contributed by atoms with E-state index in [0.29, 0.717) is 12.1 Å². The second kappa shape index (κ2) is 6.31. The zero-order valence-corrected chi connectivity index (χ0v) is 14.4. The summed E-state index contributed by atoms with van der Waals surface area (Å²) >= 11 is 0. The van der Waals surface area contributed by atoms with Gasteiger partial charge < -0.3 is 9.88 Å². The SMILES string of the molecule is Cc1cccc(CNC(=O)c2cnn(C)c2-n2c(C)ccc2C)n1. The third-order valence-corrected chi connectivity index (χ3v) is 4.01. The molecule has 3 rings (SSSR count). The number of nitrogens with one attached hydrogen (secondary N) is 1. The predicted molar refractivity (Wildman–Crippen MR) is 92.2 cm³/mol. The number of aromatic nitrogens is 4. The van der Waals surface area contributed by atoms with E-state index in [4.69, 9.17) is 0 Å². The molecule has 1 N–H and O–H groups in total. The summed E-state index contributed by atoms with van der Waals surface area (Å²) < 4.78 is 3.76. The molecule has 0 saturated carbocycles. The Balaban J connectivity index is 1.86. The van der Waals surface area contributed by atoms with Crippen LogP contribution < -0.4 is 5.32 Å². The molecule has 124 valence electrons. The van der Waals surface area contributed by atoms with Crippen LogP contribution in [0.4, 0.5) is 0 Å². The summed E-state index contributed by atoms with van der Waals surface area (Å²) in [6.45, 7) is 6.34. The second-order valence-electron chi connectivity index (χ2n) is 5.91. The van der Waals surface area contributed by atoms with Crippen LogP contribution in [0, 0.1) is 20.8 Å². The van der Waals surface area contributed by atoms with Gasteiger partial charge in [-0.3, -0.25) is 14.5 Å². The van der Waals surface area contributed by atoms with Crippen molar-refractivity contribution in [2.45, 2.75) is 27.3 Å². The maximum Gasteiger partial charge on any atom is 0.257 e. The van der Waals surface area contributed by atoms with Crippen LogP contribution in [0.25, 0.3) is 5.82 Å². The number of pyridine rings is 1. The molecule has 6 nitrogen and oxygen atoms in total. The van der Waals surface area contributed by atoms with E-state index in [0.717, 1.165) is 28.6 Å². The average Bonchev–Trinajstić information content (AvgIpc) is 3.07. The minimum Gasteiger partial charge on any atom is -0.346 e. The van der Waals surface area contributed by atoms with Crippen LogP contribution in [0.2, 0.25) is 0 Å². The molecule has 0 fully saturated rings. The van der Waals surface area contributed by atoms with Gasteiger partial charge in [0, 0.05) is 24.1 Å². The third kappa shape index (κ3) is 2.95. The Hall–Kier alpha value is -2.89. The number of aryl methyl sites for hydroxylation is 4. The number of carbonyl (C=O) groups excluding carboxylic acids is 1. The Kier molecular flexibility index (Phi) is 4.20. The van der Waals surface area contributed by atoms with Crippen LogP contribution in [-0.2, 0) is 13.6 Å². The van der Waals surface area contributed by atoms with E-state index >= 15 is 0 Å². The number of nitrogens with zero attached hydrogens (tertiary/aromatic N) is 4. The molecule has 3 heterocycles. The van der Waals surface area contributed by atoms with Crippen LogP contribution in [0.15, 0.2) is 36.5 Å². The zero-order valence-electron chi connectivity index (χ0n) is 14.4. The normalized spacial score (nSPS) is 10.8. The highest BCUT2D eigenvalue weighted by molar-refractivity contribution is 5.97. The summed E-state index contributed by atoms with van der Waals surface area (Å²) in [6, 6.07) is 9.83. The fourth-order valence-corrected chi connectivity index (χ4v) is 2.82. The van der Waals surface area contributed by atoms with Gasteiger partial charge in [0.2, 0.25) is 0 Å². The predicted octanol–water partition coefficient (Wildman–Crippen LogP) is 2.46. The van der Waals surface area contributed by atoms with Crippen molar-refractivity contribution in [1.29, 1.82) is 0 Å². The van der Waals surface area contributed by atoms with Crippen molar-refractivity contribution in [3.8, 4) is 5.82 Å². The lowest BCUT2D eigenvalue weighted by Crippen LogP contribution is -2.25.